The zero-order valence-electron chi connectivity index (χ0n) is 11.0. The van der Waals surface area contributed by atoms with E-state index in [2.05, 4.69) is 24.4 Å². The van der Waals surface area contributed by atoms with Crippen molar-refractivity contribution in [3.63, 3.8) is 0 Å². The maximum absolute atomic E-state index is 10.9. The lowest BCUT2D eigenvalue weighted by Gasteiger charge is -1.99. The Bertz CT molecular complexity index is 571. The van der Waals surface area contributed by atoms with E-state index in [1.54, 1.807) is 24.3 Å². The maximum atomic E-state index is 10.9. The molecule has 2 heterocycles. The van der Waals surface area contributed by atoms with Crippen LogP contribution in [-0.2, 0) is 19.5 Å². The van der Waals surface area contributed by atoms with Crippen LogP contribution in [0.15, 0.2) is 22.6 Å². The summed E-state index contributed by atoms with van der Waals surface area (Å²) >= 11 is 1.79. The van der Waals surface area contributed by atoms with Gasteiger partial charge in [-0.2, -0.15) is 0 Å². The zero-order valence-corrected chi connectivity index (χ0v) is 11.8. The molecule has 0 atom stereocenters. The number of aromatic carboxylic acids is 1. The van der Waals surface area contributed by atoms with E-state index >= 15 is 0 Å². The van der Waals surface area contributed by atoms with Crippen LogP contribution in [0.5, 0.6) is 0 Å². The summed E-state index contributed by atoms with van der Waals surface area (Å²) in [5, 5.41) is 12.2. The van der Waals surface area contributed by atoms with Gasteiger partial charge in [0.1, 0.15) is 5.76 Å². The van der Waals surface area contributed by atoms with E-state index in [1.807, 2.05) is 0 Å². The average Bonchev–Trinajstić information content (AvgIpc) is 2.96. The van der Waals surface area contributed by atoms with Gasteiger partial charge in [-0.25, -0.2) is 4.79 Å². The molecule has 0 aliphatic carbocycles. The van der Waals surface area contributed by atoms with Gasteiger partial charge in [0.15, 0.2) is 0 Å². The third-order valence-corrected chi connectivity index (χ3v) is 4.06. The number of furan rings is 1. The maximum Gasteiger partial charge on any atom is 0.372 e. The molecule has 19 heavy (non-hydrogen) atoms. The molecule has 0 aromatic carbocycles. The second-order valence-electron chi connectivity index (χ2n) is 4.36. The lowest BCUT2D eigenvalue weighted by Crippen LogP contribution is -2.11. The second-order valence-corrected chi connectivity index (χ2v) is 5.61. The van der Waals surface area contributed by atoms with Gasteiger partial charge in [0.25, 0.3) is 0 Å². The van der Waals surface area contributed by atoms with Crippen molar-refractivity contribution in [3.05, 3.63) is 45.0 Å². The molecule has 5 heteroatoms. The Balaban J connectivity index is 1.88. The molecule has 0 saturated heterocycles. The number of carboxylic acids is 1. The van der Waals surface area contributed by atoms with E-state index in [9.17, 15) is 4.79 Å². The fourth-order valence-electron chi connectivity index (χ4n) is 1.86. The molecule has 2 rings (SSSR count). The highest BCUT2D eigenvalue weighted by atomic mass is 32.1. The lowest BCUT2D eigenvalue weighted by atomic mass is 10.2. The first-order valence-electron chi connectivity index (χ1n) is 6.21. The van der Waals surface area contributed by atoms with E-state index < -0.39 is 5.97 Å². The van der Waals surface area contributed by atoms with Crippen LogP contribution in [0.4, 0.5) is 0 Å². The van der Waals surface area contributed by atoms with Crippen molar-refractivity contribution in [1.82, 2.24) is 5.32 Å². The Morgan fingerprint density at radius 2 is 2.11 bits per heavy atom. The summed E-state index contributed by atoms with van der Waals surface area (Å²) in [6.07, 6.45) is 1.06. The Morgan fingerprint density at radius 3 is 2.68 bits per heavy atom. The van der Waals surface area contributed by atoms with Crippen LogP contribution < -0.4 is 5.32 Å². The van der Waals surface area contributed by atoms with Gasteiger partial charge in [-0.05, 0) is 31.5 Å². The summed E-state index contributed by atoms with van der Waals surface area (Å²) in [7, 11) is 0. The van der Waals surface area contributed by atoms with Gasteiger partial charge in [0.05, 0.1) is 6.54 Å². The highest BCUT2D eigenvalue weighted by Gasteiger charge is 2.13. The molecule has 0 aliphatic rings. The van der Waals surface area contributed by atoms with Crippen LogP contribution >= 0.6 is 11.3 Å². The van der Waals surface area contributed by atoms with Crippen LogP contribution in [0.25, 0.3) is 0 Å². The number of thiophene rings is 1. The van der Waals surface area contributed by atoms with Crippen molar-refractivity contribution >= 4 is 17.3 Å². The molecule has 0 spiro atoms. The smallest absolute Gasteiger partial charge is 0.372 e. The van der Waals surface area contributed by atoms with Crippen molar-refractivity contribution in [1.29, 1.82) is 0 Å². The van der Waals surface area contributed by atoms with E-state index in [1.165, 1.54) is 9.75 Å². The predicted octanol–water partition coefficient (Wildman–Crippen LogP) is 3.20. The molecule has 0 unspecified atom stereocenters. The van der Waals surface area contributed by atoms with Gasteiger partial charge in [-0.15, -0.1) is 11.3 Å². The Kier molecular flexibility index (Phi) is 4.39. The van der Waals surface area contributed by atoms with E-state index in [4.69, 9.17) is 9.52 Å². The third-order valence-electron chi connectivity index (χ3n) is 2.83. The van der Waals surface area contributed by atoms with Crippen molar-refractivity contribution in [2.45, 2.75) is 33.4 Å². The fourth-order valence-corrected chi connectivity index (χ4v) is 2.79. The summed E-state index contributed by atoms with van der Waals surface area (Å²) in [5.41, 5.74) is 0.661. The molecule has 0 fully saturated rings. The Hall–Kier alpha value is -1.59. The van der Waals surface area contributed by atoms with E-state index in [0.717, 1.165) is 13.0 Å². The SMILES string of the molecule is CCc1ccc(CNCc2cc(C)c(C(=O)O)o2)s1. The quantitative estimate of drug-likeness (QED) is 0.852. The number of aryl methyl sites for hydroxylation is 2. The van der Waals surface area contributed by atoms with Gasteiger partial charge in [-0.1, -0.05) is 6.92 Å². The minimum absolute atomic E-state index is 0.0289. The predicted molar refractivity (Wildman–Crippen MR) is 74.6 cm³/mol. The van der Waals surface area contributed by atoms with Gasteiger partial charge in [0, 0.05) is 21.9 Å². The largest absolute Gasteiger partial charge is 0.475 e. The van der Waals surface area contributed by atoms with Gasteiger partial charge < -0.3 is 14.8 Å². The van der Waals surface area contributed by atoms with Crippen molar-refractivity contribution in [2.24, 2.45) is 0 Å². The van der Waals surface area contributed by atoms with Crippen LogP contribution in [0.3, 0.4) is 0 Å². The molecule has 0 radical (unpaired) electrons. The number of carbonyl (C=O) groups is 1. The molecule has 0 saturated carbocycles. The van der Waals surface area contributed by atoms with E-state index in [-0.39, 0.29) is 5.76 Å². The molecular weight excluding hydrogens is 262 g/mol. The minimum atomic E-state index is -1.02. The molecule has 102 valence electrons. The van der Waals surface area contributed by atoms with Crippen LogP contribution in [-0.4, -0.2) is 11.1 Å². The highest BCUT2D eigenvalue weighted by molar-refractivity contribution is 7.11. The first-order chi connectivity index (χ1) is 9.10. The standard InChI is InChI=1S/C14H17NO3S/c1-3-11-4-5-12(19-11)8-15-7-10-6-9(2)13(18-10)14(16)17/h4-6,15H,3,7-8H2,1-2H3,(H,16,17). The van der Waals surface area contributed by atoms with E-state index in [0.29, 0.717) is 17.9 Å². The summed E-state index contributed by atoms with van der Waals surface area (Å²) in [6.45, 7) is 5.19. The minimum Gasteiger partial charge on any atom is -0.475 e. The molecular formula is C14H17NO3S. The first kappa shape index (κ1) is 13.8. The summed E-state index contributed by atoms with van der Waals surface area (Å²) in [6, 6.07) is 6.02. The topological polar surface area (TPSA) is 62.5 Å². The zero-order chi connectivity index (χ0) is 13.8. The summed E-state index contributed by atoms with van der Waals surface area (Å²) < 4.78 is 5.28. The Morgan fingerprint density at radius 1 is 1.37 bits per heavy atom. The van der Waals surface area contributed by atoms with Gasteiger partial charge in [-0.3, -0.25) is 0 Å². The van der Waals surface area contributed by atoms with Gasteiger partial charge >= 0.3 is 5.97 Å². The monoisotopic (exact) mass is 279 g/mol. The summed E-state index contributed by atoms with van der Waals surface area (Å²) in [5.74, 6) is -0.335. The fraction of sp³-hybridized carbons (Fsp3) is 0.357. The number of hydrogen-bond acceptors (Lipinski definition) is 4. The average molecular weight is 279 g/mol. The summed E-state index contributed by atoms with van der Waals surface area (Å²) in [4.78, 5) is 13.5. The second kappa shape index (κ2) is 6.04. The molecule has 0 amide bonds. The highest BCUT2D eigenvalue weighted by Crippen LogP contribution is 2.17. The number of nitrogens with one attached hydrogen (secondary N) is 1. The molecule has 2 N–H and O–H groups in total. The van der Waals surface area contributed by atoms with Crippen molar-refractivity contribution in [2.75, 3.05) is 0 Å². The van der Waals surface area contributed by atoms with Crippen molar-refractivity contribution in [3.8, 4) is 0 Å². The number of hydrogen-bond donors (Lipinski definition) is 2. The van der Waals surface area contributed by atoms with Crippen LogP contribution in [0, 0.1) is 6.92 Å². The molecule has 2 aromatic rings. The molecule has 0 bridgehead atoms. The molecule has 0 aliphatic heterocycles. The number of rotatable bonds is 6. The van der Waals surface area contributed by atoms with Crippen molar-refractivity contribution < 1.29 is 14.3 Å². The van der Waals surface area contributed by atoms with Gasteiger partial charge in [0.2, 0.25) is 5.76 Å². The molecule has 2 aromatic heterocycles. The van der Waals surface area contributed by atoms with Crippen LogP contribution in [0.2, 0.25) is 0 Å². The molecule has 4 nitrogen and oxygen atoms in total. The normalized spacial score (nSPS) is 10.8. The Labute approximate surface area is 116 Å². The van der Waals surface area contributed by atoms with Crippen LogP contribution in [0.1, 0.15) is 38.6 Å². The first-order valence-corrected chi connectivity index (χ1v) is 7.02. The lowest BCUT2D eigenvalue weighted by molar-refractivity contribution is 0.0659. The number of carboxylic acid groups (broad SMARTS) is 1. The third kappa shape index (κ3) is 3.45.